The topological polar surface area (TPSA) is 114 Å². The summed E-state index contributed by atoms with van der Waals surface area (Å²) >= 11 is 0. The second kappa shape index (κ2) is 5.88. The number of hydrogen-bond donors (Lipinski definition) is 4. The molecule has 0 saturated heterocycles. The van der Waals surface area contributed by atoms with Crippen LogP contribution < -0.4 is 16.8 Å². The number of amides is 1. The number of aliphatic hydroxyl groups is 1. The minimum absolute atomic E-state index is 0.223. The first-order chi connectivity index (χ1) is 8.71. The summed E-state index contributed by atoms with van der Waals surface area (Å²) in [6, 6.07) is 1.47. The van der Waals surface area contributed by atoms with E-state index in [0.717, 1.165) is 0 Å². The van der Waals surface area contributed by atoms with Crippen molar-refractivity contribution in [1.29, 1.82) is 0 Å². The Morgan fingerprint density at radius 2 is 2.21 bits per heavy atom. The highest BCUT2D eigenvalue weighted by molar-refractivity contribution is 5.98. The Morgan fingerprint density at radius 1 is 1.58 bits per heavy atom. The van der Waals surface area contributed by atoms with Gasteiger partial charge in [0, 0.05) is 6.54 Å². The fourth-order valence-electron chi connectivity index (χ4n) is 2.04. The molecule has 1 aromatic rings. The van der Waals surface area contributed by atoms with Crippen LogP contribution in [0.4, 0.5) is 11.5 Å². The van der Waals surface area contributed by atoms with E-state index in [9.17, 15) is 9.90 Å². The van der Waals surface area contributed by atoms with Crippen molar-refractivity contribution in [3.8, 4) is 0 Å². The van der Waals surface area contributed by atoms with Gasteiger partial charge < -0.3 is 21.9 Å². The van der Waals surface area contributed by atoms with Gasteiger partial charge in [-0.25, -0.2) is 4.98 Å². The molecule has 0 aliphatic heterocycles. The van der Waals surface area contributed by atoms with E-state index in [1.807, 2.05) is 13.8 Å². The second-order valence-electron chi connectivity index (χ2n) is 5.48. The van der Waals surface area contributed by atoms with Crippen molar-refractivity contribution in [2.24, 2.45) is 11.7 Å². The fraction of sp³-hybridized carbons (Fsp3) is 0.538. The molecule has 0 saturated carbocycles. The quantitative estimate of drug-likeness (QED) is 0.612. The van der Waals surface area contributed by atoms with Crippen LogP contribution >= 0.6 is 0 Å². The fourth-order valence-corrected chi connectivity index (χ4v) is 2.04. The predicted molar refractivity (Wildman–Crippen MR) is 75.7 cm³/mol. The number of carbonyl (C=O) groups excluding carboxylic acids is 1. The van der Waals surface area contributed by atoms with Gasteiger partial charge in [0.2, 0.25) is 0 Å². The molecule has 1 unspecified atom stereocenters. The number of aromatic nitrogens is 1. The van der Waals surface area contributed by atoms with Gasteiger partial charge in [-0.15, -0.1) is 0 Å². The monoisotopic (exact) mass is 266 g/mol. The highest BCUT2D eigenvalue weighted by atomic mass is 16.3. The summed E-state index contributed by atoms with van der Waals surface area (Å²) in [6.07, 6.45) is 2.08. The molecule has 106 valence electrons. The molecule has 1 atom stereocenters. The number of hydrogen-bond acceptors (Lipinski definition) is 5. The summed E-state index contributed by atoms with van der Waals surface area (Å²) in [4.78, 5) is 15.3. The number of pyridine rings is 1. The summed E-state index contributed by atoms with van der Waals surface area (Å²) in [5.74, 6) is 0.100. The number of carbonyl (C=O) groups is 1. The van der Waals surface area contributed by atoms with Crippen molar-refractivity contribution in [3.63, 3.8) is 0 Å². The smallest absolute Gasteiger partial charge is 0.252 e. The predicted octanol–water partition coefficient (Wildman–Crippen LogP) is 0.972. The van der Waals surface area contributed by atoms with E-state index in [1.165, 1.54) is 12.3 Å². The van der Waals surface area contributed by atoms with Crippen LogP contribution in [0.25, 0.3) is 0 Å². The first-order valence-electron chi connectivity index (χ1n) is 6.23. The number of nitrogens with zero attached hydrogens (tertiary/aromatic N) is 1. The standard InChI is InChI=1S/C13H22N4O2/c1-8(2)5-13(3,19)7-17-12-10(11(15)18)4-9(14)6-16-12/h4,6,8,19H,5,7,14H2,1-3H3,(H2,15,18)(H,16,17). The van der Waals surface area contributed by atoms with Gasteiger partial charge in [-0.05, 0) is 25.3 Å². The molecule has 6 N–H and O–H groups in total. The zero-order valence-electron chi connectivity index (χ0n) is 11.6. The van der Waals surface area contributed by atoms with E-state index in [-0.39, 0.29) is 12.1 Å². The average molecular weight is 266 g/mol. The van der Waals surface area contributed by atoms with E-state index < -0.39 is 11.5 Å². The molecular formula is C13H22N4O2. The molecule has 0 radical (unpaired) electrons. The first-order valence-corrected chi connectivity index (χ1v) is 6.23. The van der Waals surface area contributed by atoms with Gasteiger partial charge in [0.25, 0.3) is 5.91 Å². The average Bonchev–Trinajstić information content (AvgIpc) is 2.25. The first kappa shape index (κ1) is 15.2. The lowest BCUT2D eigenvalue weighted by Gasteiger charge is -2.26. The van der Waals surface area contributed by atoms with Gasteiger partial charge >= 0.3 is 0 Å². The van der Waals surface area contributed by atoms with Crippen molar-refractivity contribution in [3.05, 3.63) is 17.8 Å². The van der Waals surface area contributed by atoms with Gasteiger partial charge in [-0.2, -0.15) is 0 Å². The van der Waals surface area contributed by atoms with Crippen LogP contribution in [0.3, 0.4) is 0 Å². The summed E-state index contributed by atoms with van der Waals surface area (Å²) in [7, 11) is 0. The van der Waals surface area contributed by atoms with Crippen LogP contribution in [0.2, 0.25) is 0 Å². The number of rotatable bonds is 6. The summed E-state index contributed by atoms with van der Waals surface area (Å²) in [5.41, 5.74) is 10.5. The second-order valence-corrected chi connectivity index (χ2v) is 5.48. The summed E-state index contributed by atoms with van der Waals surface area (Å²) in [6.45, 7) is 6.08. The van der Waals surface area contributed by atoms with Crippen LogP contribution in [0.15, 0.2) is 12.3 Å². The van der Waals surface area contributed by atoms with Gasteiger partial charge in [0.05, 0.1) is 23.0 Å². The molecule has 0 aliphatic carbocycles. The molecule has 19 heavy (non-hydrogen) atoms. The van der Waals surface area contributed by atoms with Crippen LogP contribution in [-0.2, 0) is 0 Å². The molecule has 1 heterocycles. The minimum atomic E-state index is -0.883. The van der Waals surface area contributed by atoms with Gasteiger partial charge in [0.15, 0.2) is 0 Å². The molecule has 0 spiro atoms. The SMILES string of the molecule is CC(C)CC(C)(O)CNc1ncc(N)cc1C(N)=O. The van der Waals surface area contributed by atoms with Crippen molar-refractivity contribution in [2.75, 3.05) is 17.6 Å². The molecule has 0 bridgehead atoms. The normalized spacial score (nSPS) is 14.2. The highest BCUT2D eigenvalue weighted by Gasteiger charge is 2.22. The number of nitrogens with two attached hydrogens (primary N) is 2. The molecule has 0 aromatic carbocycles. The Bertz CT molecular complexity index is 458. The molecule has 1 rings (SSSR count). The van der Waals surface area contributed by atoms with Crippen molar-refractivity contribution in [2.45, 2.75) is 32.8 Å². The Hall–Kier alpha value is -1.82. The third kappa shape index (κ3) is 4.75. The van der Waals surface area contributed by atoms with E-state index in [4.69, 9.17) is 11.5 Å². The lowest BCUT2D eigenvalue weighted by Crippen LogP contribution is -2.35. The lowest BCUT2D eigenvalue weighted by atomic mass is 9.94. The summed E-state index contributed by atoms with van der Waals surface area (Å²) < 4.78 is 0. The maximum absolute atomic E-state index is 11.3. The van der Waals surface area contributed by atoms with Crippen LogP contribution in [0, 0.1) is 5.92 Å². The van der Waals surface area contributed by atoms with E-state index in [0.29, 0.717) is 23.8 Å². The third-order valence-electron chi connectivity index (χ3n) is 2.66. The van der Waals surface area contributed by atoms with Crippen molar-refractivity contribution < 1.29 is 9.90 Å². The molecule has 6 nitrogen and oxygen atoms in total. The maximum atomic E-state index is 11.3. The Morgan fingerprint density at radius 3 is 2.74 bits per heavy atom. The minimum Gasteiger partial charge on any atom is -0.397 e. The van der Waals surface area contributed by atoms with E-state index in [1.54, 1.807) is 6.92 Å². The van der Waals surface area contributed by atoms with Crippen LogP contribution in [0.5, 0.6) is 0 Å². The zero-order chi connectivity index (χ0) is 14.6. The molecular weight excluding hydrogens is 244 g/mol. The van der Waals surface area contributed by atoms with Gasteiger partial charge in [0.1, 0.15) is 5.82 Å². The zero-order valence-corrected chi connectivity index (χ0v) is 11.6. The molecule has 0 aliphatic rings. The third-order valence-corrected chi connectivity index (χ3v) is 2.66. The lowest BCUT2D eigenvalue weighted by molar-refractivity contribution is 0.0514. The van der Waals surface area contributed by atoms with Gasteiger partial charge in [-0.3, -0.25) is 4.79 Å². The van der Waals surface area contributed by atoms with Crippen molar-refractivity contribution in [1.82, 2.24) is 4.98 Å². The van der Waals surface area contributed by atoms with E-state index in [2.05, 4.69) is 10.3 Å². The number of primary amides is 1. The Kier molecular flexibility index (Phi) is 4.72. The molecule has 1 aromatic heterocycles. The Labute approximate surface area is 113 Å². The number of nitrogen functional groups attached to an aromatic ring is 1. The Balaban J connectivity index is 2.80. The molecule has 6 heteroatoms. The maximum Gasteiger partial charge on any atom is 0.252 e. The highest BCUT2D eigenvalue weighted by Crippen LogP contribution is 2.19. The van der Waals surface area contributed by atoms with Crippen molar-refractivity contribution >= 4 is 17.4 Å². The summed E-state index contributed by atoms with van der Waals surface area (Å²) in [5, 5.41) is 13.1. The van der Waals surface area contributed by atoms with Crippen LogP contribution in [-0.4, -0.2) is 28.1 Å². The molecule has 1 amide bonds. The van der Waals surface area contributed by atoms with E-state index >= 15 is 0 Å². The number of nitrogens with one attached hydrogen (secondary N) is 1. The largest absolute Gasteiger partial charge is 0.397 e. The van der Waals surface area contributed by atoms with Gasteiger partial charge in [-0.1, -0.05) is 13.8 Å². The van der Waals surface area contributed by atoms with Crippen LogP contribution in [0.1, 0.15) is 37.6 Å². The molecule has 0 fully saturated rings. The number of anilines is 2.